The zero-order valence-electron chi connectivity index (χ0n) is 15.7. The molecule has 0 spiro atoms. The minimum atomic E-state index is -3.82. The van der Waals surface area contributed by atoms with Crippen LogP contribution in [0.4, 0.5) is 11.4 Å². The van der Waals surface area contributed by atoms with E-state index in [1.807, 2.05) is 6.92 Å². The van der Waals surface area contributed by atoms with Gasteiger partial charge in [0, 0.05) is 36.5 Å². The molecule has 1 aliphatic rings. The van der Waals surface area contributed by atoms with Crippen molar-refractivity contribution in [3.05, 3.63) is 63.2 Å². The highest BCUT2D eigenvalue weighted by molar-refractivity contribution is 7.89. The Morgan fingerprint density at radius 1 is 1.24 bits per heavy atom. The summed E-state index contributed by atoms with van der Waals surface area (Å²) >= 11 is 6.15. The third-order valence-electron chi connectivity index (χ3n) is 4.77. The van der Waals surface area contributed by atoms with Gasteiger partial charge in [-0.05, 0) is 49.1 Å². The second kappa shape index (κ2) is 8.48. The van der Waals surface area contributed by atoms with Gasteiger partial charge in [-0.15, -0.1) is 0 Å². The lowest BCUT2D eigenvalue weighted by atomic mass is 10.0. The van der Waals surface area contributed by atoms with Crippen LogP contribution in [0.15, 0.2) is 47.4 Å². The molecule has 0 radical (unpaired) electrons. The average molecular weight is 438 g/mol. The number of nitrogens with zero attached hydrogens (tertiary/aromatic N) is 2. The molecule has 1 unspecified atom stereocenters. The Morgan fingerprint density at radius 3 is 2.55 bits per heavy atom. The number of amides is 1. The molecule has 10 heteroatoms. The van der Waals surface area contributed by atoms with E-state index in [-0.39, 0.29) is 27.1 Å². The van der Waals surface area contributed by atoms with Gasteiger partial charge in [0.15, 0.2) is 0 Å². The molecule has 0 bridgehead atoms. The van der Waals surface area contributed by atoms with Crippen molar-refractivity contribution in [2.24, 2.45) is 5.92 Å². The Labute approximate surface area is 173 Å². The standard InChI is InChI=1S/C19H20ClN3O5S/c1-13-3-2-10-22(12-13)29(27,28)18-11-14(4-9-17(18)20)19(24)21-15-5-7-16(8-6-15)23(25)26/h4-9,11,13H,2-3,10,12H2,1H3,(H,21,24). The smallest absolute Gasteiger partial charge is 0.269 e. The second-order valence-corrected chi connectivity index (χ2v) is 9.33. The van der Waals surface area contributed by atoms with E-state index >= 15 is 0 Å². The van der Waals surface area contributed by atoms with Crippen LogP contribution >= 0.6 is 11.6 Å². The van der Waals surface area contributed by atoms with Crippen LogP contribution in [0.3, 0.4) is 0 Å². The molecule has 0 aliphatic carbocycles. The van der Waals surface area contributed by atoms with Crippen LogP contribution < -0.4 is 5.32 Å². The molecule has 1 heterocycles. The van der Waals surface area contributed by atoms with Crippen molar-refractivity contribution in [2.75, 3.05) is 18.4 Å². The van der Waals surface area contributed by atoms with E-state index in [0.29, 0.717) is 18.8 Å². The fourth-order valence-electron chi connectivity index (χ4n) is 3.22. The lowest BCUT2D eigenvalue weighted by Crippen LogP contribution is -2.39. The lowest BCUT2D eigenvalue weighted by molar-refractivity contribution is -0.384. The summed E-state index contributed by atoms with van der Waals surface area (Å²) < 4.78 is 27.5. The van der Waals surface area contributed by atoms with Crippen molar-refractivity contribution in [2.45, 2.75) is 24.7 Å². The van der Waals surface area contributed by atoms with Gasteiger partial charge in [-0.25, -0.2) is 8.42 Å². The van der Waals surface area contributed by atoms with E-state index in [1.54, 1.807) is 0 Å². The van der Waals surface area contributed by atoms with E-state index in [9.17, 15) is 23.3 Å². The van der Waals surface area contributed by atoms with E-state index in [2.05, 4.69) is 5.32 Å². The number of nitro benzene ring substituents is 1. The number of nitrogens with one attached hydrogen (secondary N) is 1. The first-order chi connectivity index (χ1) is 13.7. The minimum absolute atomic E-state index is 0.0510. The fourth-order valence-corrected chi connectivity index (χ4v) is 5.31. The van der Waals surface area contributed by atoms with Crippen molar-refractivity contribution in [1.82, 2.24) is 4.31 Å². The number of rotatable bonds is 5. The van der Waals surface area contributed by atoms with Crippen LogP contribution in [-0.4, -0.2) is 36.6 Å². The van der Waals surface area contributed by atoms with E-state index in [4.69, 9.17) is 11.6 Å². The summed E-state index contributed by atoms with van der Waals surface area (Å²) in [6, 6.07) is 9.42. The zero-order valence-corrected chi connectivity index (χ0v) is 17.2. The first-order valence-corrected chi connectivity index (χ1v) is 10.9. The first kappa shape index (κ1) is 21.2. The number of halogens is 1. The summed E-state index contributed by atoms with van der Waals surface area (Å²) in [5.74, 6) is -0.287. The largest absolute Gasteiger partial charge is 0.322 e. The Hall–Kier alpha value is -2.49. The van der Waals surface area contributed by atoms with Gasteiger partial charge in [0.1, 0.15) is 4.90 Å². The molecule has 29 heavy (non-hydrogen) atoms. The number of carbonyl (C=O) groups is 1. The second-order valence-electron chi connectivity index (χ2n) is 7.01. The van der Waals surface area contributed by atoms with Gasteiger partial charge >= 0.3 is 0 Å². The highest BCUT2D eigenvalue weighted by Crippen LogP contribution is 2.29. The van der Waals surface area contributed by atoms with Crippen LogP contribution in [0.5, 0.6) is 0 Å². The zero-order chi connectivity index (χ0) is 21.2. The maximum absolute atomic E-state index is 13.0. The molecule has 1 amide bonds. The van der Waals surface area contributed by atoms with Crippen LogP contribution in [0.1, 0.15) is 30.1 Å². The summed E-state index contributed by atoms with van der Waals surface area (Å²) in [6.45, 7) is 2.83. The summed E-state index contributed by atoms with van der Waals surface area (Å²) in [5.41, 5.74) is 0.375. The van der Waals surface area contributed by atoms with Gasteiger partial charge in [0.05, 0.1) is 9.95 Å². The lowest BCUT2D eigenvalue weighted by Gasteiger charge is -2.30. The highest BCUT2D eigenvalue weighted by atomic mass is 35.5. The molecule has 8 nitrogen and oxygen atoms in total. The molecule has 0 aromatic heterocycles. The van der Waals surface area contributed by atoms with Gasteiger partial charge < -0.3 is 5.32 Å². The highest BCUT2D eigenvalue weighted by Gasteiger charge is 2.31. The summed E-state index contributed by atoms with van der Waals surface area (Å²) in [6.07, 6.45) is 1.75. The molecule has 154 valence electrons. The molecular weight excluding hydrogens is 418 g/mol. The van der Waals surface area contributed by atoms with E-state index in [1.165, 1.54) is 46.8 Å². The van der Waals surface area contributed by atoms with E-state index < -0.39 is 20.9 Å². The van der Waals surface area contributed by atoms with Gasteiger partial charge in [-0.3, -0.25) is 14.9 Å². The van der Waals surface area contributed by atoms with Crippen LogP contribution in [0, 0.1) is 16.0 Å². The molecular formula is C19H20ClN3O5S. The Balaban J connectivity index is 1.84. The predicted octanol–water partition coefficient (Wildman–Crippen LogP) is 3.92. The normalized spacial score (nSPS) is 17.7. The molecule has 1 atom stereocenters. The first-order valence-electron chi connectivity index (χ1n) is 9.04. The van der Waals surface area contributed by atoms with Crippen LogP contribution in [0.25, 0.3) is 0 Å². The van der Waals surface area contributed by atoms with E-state index in [0.717, 1.165) is 12.8 Å². The molecule has 1 saturated heterocycles. The van der Waals surface area contributed by atoms with Crippen molar-refractivity contribution < 1.29 is 18.1 Å². The van der Waals surface area contributed by atoms with Crippen molar-refractivity contribution >= 4 is 38.9 Å². The van der Waals surface area contributed by atoms with Gasteiger partial charge in [-0.1, -0.05) is 18.5 Å². The quantitative estimate of drug-likeness (QED) is 0.563. The number of piperidine rings is 1. The number of anilines is 1. The average Bonchev–Trinajstić information content (AvgIpc) is 2.68. The molecule has 1 aliphatic heterocycles. The minimum Gasteiger partial charge on any atom is -0.322 e. The van der Waals surface area contributed by atoms with Gasteiger partial charge in [-0.2, -0.15) is 4.31 Å². The van der Waals surface area contributed by atoms with Crippen molar-refractivity contribution in [3.8, 4) is 0 Å². The predicted molar refractivity (Wildman–Crippen MR) is 110 cm³/mol. The number of sulfonamides is 1. The van der Waals surface area contributed by atoms with Crippen molar-refractivity contribution in [1.29, 1.82) is 0 Å². The Morgan fingerprint density at radius 2 is 1.93 bits per heavy atom. The molecule has 2 aromatic rings. The fraction of sp³-hybridized carbons (Fsp3) is 0.316. The Kier molecular flexibility index (Phi) is 6.21. The van der Waals surface area contributed by atoms with Gasteiger partial charge in [0.25, 0.3) is 11.6 Å². The number of benzene rings is 2. The maximum atomic E-state index is 13.0. The third-order valence-corrected chi connectivity index (χ3v) is 7.11. The molecule has 2 aromatic carbocycles. The number of carbonyl (C=O) groups excluding carboxylic acids is 1. The topological polar surface area (TPSA) is 110 Å². The SMILES string of the molecule is CC1CCCN(S(=O)(=O)c2cc(C(=O)Nc3ccc([N+](=O)[O-])cc3)ccc2Cl)C1. The third kappa shape index (κ3) is 4.75. The van der Waals surface area contributed by atoms with Crippen molar-refractivity contribution in [3.63, 3.8) is 0 Å². The summed E-state index contributed by atoms with van der Waals surface area (Å²) in [5, 5.41) is 13.4. The summed E-state index contributed by atoms with van der Waals surface area (Å²) in [4.78, 5) is 22.6. The molecule has 0 saturated carbocycles. The van der Waals surface area contributed by atoms with Crippen LogP contribution in [0.2, 0.25) is 5.02 Å². The summed E-state index contributed by atoms with van der Waals surface area (Å²) in [7, 11) is -3.82. The molecule has 1 fully saturated rings. The van der Waals surface area contributed by atoms with Crippen LogP contribution in [-0.2, 0) is 10.0 Å². The number of non-ortho nitro benzene ring substituents is 1. The van der Waals surface area contributed by atoms with Gasteiger partial charge in [0.2, 0.25) is 10.0 Å². The number of hydrogen-bond donors (Lipinski definition) is 1. The molecule has 3 rings (SSSR count). The molecule has 1 N–H and O–H groups in total. The monoisotopic (exact) mass is 437 g/mol. The number of hydrogen-bond acceptors (Lipinski definition) is 5. The number of nitro groups is 1. The maximum Gasteiger partial charge on any atom is 0.269 e. The Bertz CT molecular complexity index is 1040.